The molecule has 0 aromatic heterocycles. The molecule has 0 aromatic carbocycles. The van der Waals surface area contributed by atoms with Crippen molar-refractivity contribution in [1.82, 2.24) is 0 Å². The lowest BCUT2D eigenvalue weighted by Crippen LogP contribution is -2.38. The molecule has 18 heavy (non-hydrogen) atoms. The van der Waals surface area contributed by atoms with Gasteiger partial charge in [0.2, 0.25) is 0 Å². The van der Waals surface area contributed by atoms with Crippen LogP contribution in [-0.2, 0) is 14.2 Å². The molecule has 0 bridgehead atoms. The second-order valence-corrected chi connectivity index (χ2v) is 5.85. The van der Waals surface area contributed by atoms with E-state index >= 15 is 0 Å². The molecular weight excluding hydrogens is 228 g/mol. The van der Waals surface area contributed by atoms with Crippen molar-refractivity contribution in [2.45, 2.75) is 33.1 Å². The molecule has 0 aromatic rings. The monoisotopic (exact) mass is 256 g/mol. The number of ether oxygens (including phenoxy) is 3. The van der Waals surface area contributed by atoms with Gasteiger partial charge in [-0.3, -0.25) is 0 Å². The van der Waals surface area contributed by atoms with Gasteiger partial charge in [0.25, 0.3) is 0 Å². The van der Waals surface area contributed by atoms with Gasteiger partial charge in [-0.2, -0.15) is 0 Å². The molecule has 2 fully saturated rings. The van der Waals surface area contributed by atoms with Crippen LogP contribution in [0.1, 0.15) is 33.1 Å². The fourth-order valence-electron chi connectivity index (χ4n) is 2.84. The number of rotatable bonds is 9. The first kappa shape index (κ1) is 14.3. The minimum absolute atomic E-state index is 0.693. The molecule has 0 aliphatic carbocycles. The van der Waals surface area contributed by atoms with E-state index in [9.17, 15) is 0 Å². The Hall–Kier alpha value is -0.120. The van der Waals surface area contributed by atoms with Crippen molar-refractivity contribution in [2.75, 3.05) is 39.6 Å². The summed E-state index contributed by atoms with van der Waals surface area (Å²) in [5, 5.41) is 0. The summed E-state index contributed by atoms with van der Waals surface area (Å²) >= 11 is 0. The topological polar surface area (TPSA) is 27.7 Å². The van der Waals surface area contributed by atoms with Crippen molar-refractivity contribution >= 4 is 0 Å². The molecule has 2 aliphatic rings. The maximum Gasteiger partial charge on any atom is 0.0519 e. The van der Waals surface area contributed by atoms with Gasteiger partial charge in [-0.15, -0.1) is 0 Å². The van der Waals surface area contributed by atoms with Crippen molar-refractivity contribution in [3.05, 3.63) is 0 Å². The van der Waals surface area contributed by atoms with Crippen LogP contribution in [0.4, 0.5) is 0 Å². The third kappa shape index (κ3) is 3.69. The molecule has 2 saturated heterocycles. The van der Waals surface area contributed by atoms with Gasteiger partial charge in [0.1, 0.15) is 0 Å². The smallest absolute Gasteiger partial charge is 0.0519 e. The van der Waals surface area contributed by atoms with Crippen LogP contribution >= 0.6 is 0 Å². The molecule has 0 spiro atoms. The SMILES string of the molecule is CCCC(COCC(CC)C1COC1)C1COC1. The maximum atomic E-state index is 6.00. The molecule has 106 valence electrons. The van der Waals surface area contributed by atoms with Crippen molar-refractivity contribution in [1.29, 1.82) is 0 Å². The lowest BCUT2D eigenvalue weighted by atomic mass is 9.87. The summed E-state index contributed by atoms with van der Waals surface area (Å²) in [5.41, 5.74) is 0. The van der Waals surface area contributed by atoms with Crippen molar-refractivity contribution < 1.29 is 14.2 Å². The Bertz CT molecular complexity index is 224. The average molecular weight is 256 g/mol. The van der Waals surface area contributed by atoms with E-state index < -0.39 is 0 Å². The highest BCUT2D eigenvalue weighted by atomic mass is 16.5. The molecule has 0 amide bonds. The maximum absolute atomic E-state index is 6.00. The summed E-state index contributed by atoms with van der Waals surface area (Å²) in [5.74, 6) is 2.89. The van der Waals surface area contributed by atoms with Crippen LogP contribution in [0.2, 0.25) is 0 Å². The fourth-order valence-corrected chi connectivity index (χ4v) is 2.84. The zero-order valence-corrected chi connectivity index (χ0v) is 11.9. The molecule has 2 heterocycles. The Morgan fingerprint density at radius 3 is 1.94 bits per heavy atom. The Balaban J connectivity index is 1.64. The predicted octanol–water partition coefficient (Wildman–Crippen LogP) is 2.74. The molecule has 0 saturated carbocycles. The predicted molar refractivity (Wildman–Crippen MR) is 71.6 cm³/mol. The average Bonchev–Trinajstić information content (AvgIpc) is 2.22. The Morgan fingerprint density at radius 2 is 1.50 bits per heavy atom. The third-order valence-corrected chi connectivity index (χ3v) is 4.51. The van der Waals surface area contributed by atoms with Crippen molar-refractivity contribution in [2.24, 2.45) is 23.7 Å². The van der Waals surface area contributed by atoms with E-state index in [-0.39, 0.29) is 0 Å². The molecule has 3 heteroatoms. The van der Waals surface area contributed by atoms with Gasteiger partial charge in [0.15, 0.2) is 0 Å². The summed E-state index contributed by atoms with van der Waals surface area (Å²) < 4.78 is 16.6. The third-order valence-electron chi connectivity index (χ3n) is 4.51. The number of hydrogen-bond acceptors (Lipinski definition) is 3. The molecule has 2 aliphatic heterocycles. The van der Waals surface area contributed by atoms with E-state index in [1.807, 2.05) is 0 Å². The van der Waals surface area contributed by atoms with E-state index in [0.29, 0.717) is 11.8 Å². The zero-order valence-electron chi connectivity index (χ0n) is 11.9. The Kier molecular flexibility index (Phi) is 5.93. The highest BCUT2D eigenvalue weighted by molar-refractivity contribution is 4.76. The van der Waals surface area contributed by atoms with Crippen molar-refractivity contribution in [3.63, 3.8) is 0 Å². The summed E-state index contributed by atoms with van der Waals surface area (Å²) in [6.07, 6.45) is 3.73. The Labute approximate surface area is 111 Å². The van der Waals surface area contributed by atoms with Crippen LogP contribution in [0.5, 0.6) is 0 Å². The zero-order chi connectivity index (χ0) is 12.8. The van der Waals surface area contributed by atoms with E-state index in [0.717, 1.165) is 51.5 Å². The van der Waals surface area contributed by atoms with Gasteiger partial charge >= 0.3 is 0 Å². The lowest BCUT2D eigenvalue weighted by Gasteiger charge is -2.35. The van der Waals surface area contributed by atoms with E-state index in [2.05, 4.69) is 13.8 Å². The van der Waals surface area contributed by atoms with E-state index in [4.69, 9.17) is 14.2 Å². The molecule has 0 radical (unpaired) electrons. The second-order valence-electron chi connectivity index (χ2n) is 5.85. The first-order valence-electron chi connectivity index (χ1n) is 7.58. The minimum Gasteiger partial charge on any atom is -0.381 e. The molecule has 2 rings (SSSR count). The summed E-state index contributed by atoms with van der Waals surface area (Å²) in [7, 11) is 0. The summed E-state index contributed by atoms with van der Waals surface area (Å²) in [6.45, 7) is 10.1. The summed E-state index contributed by atoms with van der Waals surface area (Å²) in [4.78, 5) is 0. The van der Waals surface area contributed by atoms with E-state index in [1.165, 1.54) is 19.3 Å². The van der Waals surface area contributed by atoms with Crippen LogP contribution < -0.4 is 0 Å². The first-order valence-corrected chi connectivity index (χ1v) is 7.58. The van der Waals surface area contributed by atoms with Crippen LogP contribution in [0.3, 0.4) is 0 Å². The molecule has 3 nitrogen and oxygen atoms in total. The second kappa shape index (κ2) is 7.46. The van der Waals surface area contributed by atoms with Crippen molar-refractivity contribution in [3.8, 4) is 0 Å². The quantitative estimate of drug-likeness (QED) is 0.635. The van der Waals surface area contributed by atoms with Crippen LogP contribution in [0.15, 0.2) is 0 Å². The largest absolute Gasteiger partial charge is 0.381 e. The number of hydrogen-bond donors (Lipinski definition) is 0. The highest BCUT2D eigenvalue weighted by Crippen LogP contribution is 2.27. The van der Waals surface area contributed by atoms with Gasteiger partial charge in [-0.25, -0.2) is 0 Å². The van der Waals surface area contributed by atoms with Gasteiger partial charge < -0.3 is 14.2 Å². The molecule has 0 N–H and O–H groups in total. The van der Waals surface area contributed by atoms with Crippen LogP contribution in [0, 0.1) is 23.7 Å². The van der Waals surface area contributed by atoms with Crippen LogP contribution in [-0.4, -0.2) is 39.6 Å². The standard InChI is InChI=1S/C15H28O3/c1-3-5-13(15-10-18-11-15)7-16-6-12(4-2)14-8-17-9-14/h12-15H,3-11H2,1-2H3. The minimum atomic E-state index is 0.693. The lowest BCUT2D eigenvalue weighted by molar-refractivity contribution is -0.0997. The van der Waals surface area contributed by atoms with E-state index in [1.54, 1.807) is 0 Å². The highest BCUT2D eigenvalue weighted by Gasteiger charge is 2.30. The fraction of sp³-hybridized carbons (Fsp3) is 1.00. The normalized spacial score (nSPS) is 24.3. The van der Waals surface area contributed by atoms with Gasteiger partial charge in [-0.05, 0) is 18.3 Å². The first-order chi connectivity index (χ1) is 8.85. The summed E-state index contributed by atoms with van der Waals surface area (Å²) in [6, 6.07) is 0. The molecule has 2 atom stereocenters. The van der Waals surface area contributed by atoms with Gasteiger partial charge in [-0.1, -0.05) is 26.7 Å². The van der Waals surface area contributed by atoms with Gasteiger partial charge in [0.05, 0.1) is 26.4 Å². The van der Waals surface area contributed by atoms with Crippen LogP contribution in [0.25, 0.3) is 0 Å². The molecular formula is C15H28O3. The van der Waals surface area contributed by atoms with Gasteiger partial charge in [0, 0.05) is 25.0 Å². The Morgan fingerprint density at radius 1 is 0.944 bits per heavy atom. The molecule has 2 unspecified atom stereocenters.